The summed E-state index contributed by atoms with van der Waals surface area (Å²) in [5, 5.41) is 0. The number of hydrogen-bond donors (Lipinski definition) is 1. The highest BCUT2D eigenvalue weighted by Crippen LogP contribution is 2.23. The van der Waals surface area contributed by atoms with Crippen LogP contribution in [0.4, 0.5) is 0 Å². The molecule has 0 aromatic heterocycles. The minimum atomic E-state index is -4.04. The Balaban J connectivity index is 2.61. The fourth-order valence-electron chi connectivity index (χ4n) is 4.22. The third-order valence-electron chi connectivity index (χ3n) is 5.95. The van der Waals surface area contributed by atoms with Gasteiger partial charge in [0.25, 0.3) is 10.1 Å². The van der Waals surface area contributed by atoms with Crippen LogP contribution in [0.3, 0.4) is 0 Å². The van der Waals surface area contributed by atoms with E-state index in [0.717, 1.165) is 18.6 Å². The van der Waals surface area contributed by atoms with Crippen LogP contribution < -0.4 is 4.74 Å². The average molecular weight is 469 g/mol. The van der Waals surface area contributed by atoms with Crippen LogP contribution in [-0.2, 0) is 23.0 Å². The summed E-state index contributed by atoms with van der Waals surface area (Å²) in [6, 6.07) is 6.39. The van der Waals surface area contributed by atoms with Gasteiger partial charge in [-0.15, -0.1) is 0 Å². The molecule has 0 amide bonds. The maximum atomic E-state index is 11.2. The minimum Gasteiger partial charge on any atom is -0.490 e. The van der Waals surface area contributed by atoms with Crippen molar-refractivity contribution in [3.63, 3.8) is 0 Å². The summed E-state index contributed by atoms with van der Waals surface area (Å²) in [6.45, 7) is 6.18. The van der Waals surface area contributed by atoms with Crippen LogP contribution in [0.25, 0.3) is 0 Å². The van der Waals surface area contributed by atoms with Crippen LogP contribution in [0.15, 0.2) is 18.2 Å². The molecule has 0 aliphatic heterocycles. The van der Waals surface area contributed by atoms with Crippen molar-refractivity contribution in [1.82, 2.24) is 0 Å². The normalized spacial score (nSPS) is 12.8. The van der Waals surface area contributed by atoms with E-state index in [4.69, 9.17) is 9.29 Å². The van der Waals surface area contributed by atoms with Gasteiger partial charge in [-0.1, -0.05) is 97.0 Å². The monoisotopic (exact) mass is 468 g/mol. The summed E-state index contributed by atoms with van der Waals surface area (Å²) in [4.78, 5) is 0. The number of benzene rings is 1. The van der Waals surface area contributed by atoms with E-state index in [1.54, 1.807) is 6.92 Å². The molecule has 0 fully saturated rings. The molecule has 1 atom stereocenters. The summed E-state index contributed by atoms with van der Waals surface area (Å²) in [7, 11) is -4.04. The Hall–Kier alpha value is -1.07. The first-order valence-electron chi connectivity index (χ1n) is 13.1. The molecule has 186 valence electrons. The van der Waals surface area contributed by atoms with Gasteiger partial charge in [0, 0.05) is 0 Å². The van der Waals surface area contributed by atoms with Gasteiger partial charge in [0.2, 0.25) is 0 Å². The van der Waals surface area contributed by atoms with Gasteiger partial charge in [0.05, 0.1) is 0 Å². The first-order chi connectivity index (χ1) is 15.3. The fourth-order valence-corrected chi connectivity index (χ4v) is 4.88. The Morgan fingerprint density at radius 2 is 1.12 bits per heavy atom. The Morgan fingerprint density at radius 1 is 0.719 bits per heavy atom. The predicted molar refractivity (Wildman–Crippen MR) is 136 cm³/mol. The van der Waals surface area contributed by atoms with Gasteiger partial charge < -0.3 is 4.74 Å². The maximum Gasteiger partial charge on any atom is 0.268 e. The van der Waals surface area contributed by atoms with E-state index < -0.39 is 16.2 Å². The third-order valence-corrected chi connectivity index (χ3v) is 6.84. The van der Waals surface area contributed by atoms with Crippen molar-refractivity contribution < 1.29 is 17.7 Å². The fraction of sp³-hybridized carbons (Fsp3) is 0.778. The Morgan fingerprint density at radius 3 is 1.53 bits per heavy atom. The predicted octanol–water partition coefficient (Wildman–Crippen LogP) is 7.93. The van der Waals surface area contributed by atoms with E-state index in [1.807, 2.05) is 12.1 Å². The first kappa shape index (κ1) is 29.0. The van der Waals surface area contributed by atoms with Crippen LogP contribution in [0, 0.1) is 0 Å². The van der Waals surface area contributed by atoms with E-state index in [2.05, 4.69) is 19.9 Å². The second kappa shape index (κ2) is 17.4. The summed E-state index contributed by atoms with van der Waals surface area (Å²) in [5.74, 6) is 0.335. The average Bonchev–Trinajstić information content (AvgIpc) is 2.71. The number of aryl methyl sites for hydroxylation is 2. The molecule has 0 spiro atoms. The molecule has 0 heterocycles. The van der Waals surface area contributed by atoms with Gasteiger partial charge in [-0.25, -0.2) is 0 Å². The van der Waals surface area contributed by atoms with Crippen LogP contribution in [0.2, 0.25) is 0 Å². The van der Waals surface area contributed by atoms with E-state index in [1.165, 1.54) is 101 Å². The van der Waals surface area contributed by atoms with Gasteiger partial charge in [-0.05, 0) is 55.9 Å². The second-order valence-corrected chi connectivity index (χ2v) is 10.9. The van der Waals surface area contributed by atoms with Gasteiger partial charge >= 0.3 is 0 Å². The number of hydrogen-bond acceptors (Lipinski definition) is 3. The molecule has 0 saturated carbocycles. The molecule has 1 unspecified atom stereocenters. The van der Waals surface area contributed by atoms with Crippen molar-refractivity contribution in [3.05, 3.63) is 29.3 Å². The molecular weight excluding hydrogens is 420 g/mol. The van der Waals surface area contributed by atoms with Crippen molar-refractivity contribution in [2.45, 2.75) is 130 Å². The summed E-state index contributed by atoms with van der Waals surface area (Å²) in [5.41, 5.74) is 2.54. The zero-order valence-corrected chi connectivity index (χ0v) is 21.7. The van der Waals surface area contributed by atoms with Gasteiger partial charge in [0.1, 0.15) is 17.6 Å². The maximum absolute atomic E-state index is 11.2. The molecule has 0 radical (unpaired) electrons. The van der Waals surface area contributed by atoms with Gasteiger partial charge in [-0.3, -0.25) is 4.55 Å². The smallest absolute Gasteiger partial charge is 0.268 e. The van der Waals surface area contributed by atoms with Crippen LogP contribution in [0.1, 0.15) is 122 Å². The van der Waals surface area contributed by atoms with Crippen molar-refractivity contribution in [3.8, 4) is 5.75 Å². The molecule has 0 saturated heterocycles. The topological polar surface area (TPSA) is 63.6 Å². The first-order valence-corrected chi connectivity index (χ1v) is 14.7. The van der Waals surface area contributed by atoms with Crippen molar-refractivity contribution in [2.75, 3.05) is 5.75 Å². The quantitative estimate of drug-likeness (QED) is 0.156. The summed E-state index contributed by atoms with van der Waals surface area (Å²) >= 11 is 0. The van der Waals surface area contributed by atoms with E-state index in [-0.39, 0.29) is 5.75 Å². The zero-order chi connectivity index (χ0) is 23.7. The third kappa shape index (κ3) is 15.7. The molecular formula is C27H48O4S. The highest BCUT2D eigenvalue weighted by molar-refractivity contribution is 7.85. The lowest BCUT2D eigenvalue weighted by Gasteiger charge is -2.16. The molecule has 1 N–H and O–H groups in total. The lowest BCUT2D eigenvalue weighted by atomic mass is 9.99. The van der Waals surface area contributed by atoms with Crippen molar-refractivity contribution in [1.29, 1.82) is 0 Å². The molecule has 1 rings (SSSR count). The van der Waals surface area contributed by atoms with E-state index in [0.29, 0.717) is 0 Å². The zero-order valence-electron chi connectivity index (χ0n) is 20.9. The molecule has 0 bridgehead atoms. The Bertz CT molecular complexity index is 663. The Kier molecular flexibility index (Phi) is 15.8. The molecule has 0 aliphatic rings. The van der Waals surface area contributed by atoms with Crippen LogP contribution >= 0.6 is 0 Å². The lowest BCUT2D eigenvalue weighted by molar-refractivity contribution is 0.241. The Labute approximate surface area is 198 Å². The minimum absolute atomic E-state index is 0.387. The SMILES string of the molecule is CCCCCCCCCc1cc(CCCCCCCCC)cc(OC(C)CS(=O)(=O)O)c1. The molecule has 4 nitrogen and oxygen atoms in total. The highest BCUT2D eigenvalue weighted by Gasteiger charge is 2.14. The molecule has 5 heteroatoms. The number of unbranched alkanes of at least 4 members (excludes halogenated alkanes) is 12. The van der Waals surface area contributed by atoms with E-state index >= 15 is 0 Å². The summed E-state index contributed by atoms with van der Waals surface area (Å²) < 4.78 is 37.3. The number of ether oxygens (including phenoxy) is 1. The van der Waals surface area contributed by atoms with Crippen molar-refractivity contribution in [2.24, 2.45) is 0 Å². The van der Waals surface area contributed by atoms with Crippen molar-refractivity contribution >= 4 is 10.1 Å². The van der Waals surface area contributed by atoms with Crippen LogP contribution in [0.5, 0.6) is 5.75 Å². The molecule has 32 heavy (non-hydrogen) atoms. The standard InChI is InChI=1S/C27H48O4S/c1-4-6-8-10-12-14-16-18-25-20-26(19-17-15-13-11-9-7-5-2)22-27(21-25)31-24(3)23-32(28,29)30/h20-22,24H,4-19,23H2,1-3H3,(H,28,29,30). The van der Waals surface area contributed by atoms with E-state index in [9.17, 15) is 8.42 Å². The molecule has 1 aromatic rings. The highest BCUT2D eigenvalue weighted by atomic mass is 32.2. The van der Waals surface area contributed by atoms with Gasteiger partial charge in [0.15, 0.2) is 0 Å². The summed E-state index contributed by atoms with van der Waals surface area (Å²) in [6.07, 6.45) is 19.5. The largest absolute Gasteiger partial charge is 0.490 e. The molecule has 1 aromatic carbocycles. The van der Waals surface area contributed by atoms with Crippen LogP contribution in [-0.4, -0.2) is 24.8 Å². The van der Waals surface area contributed by atoms with Gasteiger partial charge in [-0.2, -0.15) is 8.42 Å². The second-order valence-electron chi connectivity index (χ2n) is 9.40. The lowest BCUT2D eigenvalue weighted by Crippen LogP contribution is -2.23. The number of rotatable bonds is 20. The molecule has 0 aliphatic carbocycles.